The lowest BCUT2D eigenvalue weighted by Gasteiger charge is -2.06. The molecule has 0 saturated heterocycles. The van der Waals surface area contributed by atoms with Gasteiger partial charge >= 0.3 is 0 Å². The van der Waals surface area contributed by atoms with Gasteiger partial charge in [-0.15, -0.1) is 0 Å². The van der Waals surface area contributed by atoms with Crippen LogP contribution in [0.5, 0.6) is 5.75 Å². The van der Waals surface area contributed by atoms with E-state index in [0.29, 0.717) is 16.1 Å². The Labute approximate surface area is 124 Å². The van der Waals surface area contributed by atoms with Gasteiger partial charge in [-0.2, -0.15) is 0 Å². The van der Waals surface area contributed by atoms with Crippen LogP contribution >= 0.6 is 15.9 Å². The molecule has 0 aromatic heterocycles. The minimum absolute atomic E-state index is 0.0732. The minimum atomic E-state index is -0.525. The van der Waals surface area contributed by atoms with Crippen LogP contribution in [0.1, 0.15) is 28.8 Å². The van der Waals surface area contributed by atoms with Crippen molar-refractivity contribution in [2.24, 2.45) is 0 Å². The smallest absolute Gasteiger partial charge is 0.195 e. The van der Waals surface area contributed by atoms with E-state index in [0.717, 1.165) is 18.6 Å². The number of carbonyl (C=O) groups excluding carboxylic acids is 1. The molecule has 2 aromatic carbocycles. The topological polar surface area (TPSA) is 26.3 Å². The minimum Gasteiger partial charge on any atom is -0.490 e. The predicted molar refractivity (Wildman–Crippen MR) is 77.6 cm³/mol. The van der Waals surface area contributed by atoms with E-state index in [9.17, 15) is 9.18 Å². The summed E-state index contributed by atoms with van der Waals surface area (Å²) in [5.41, 5.74) is 0.526. The average Bonchev–Trinajstić information content (AvgIpc) is 3.23. The fraction of sp³-hybridized carbons (Fsp3) is 0.188. The maximum Gasteiger partial charge on any atom is 0.195 e. The van der Waals surface area contributed by atoms with Gasteiger partial charge < -0.3 is 4.74 Å². The number of hydrogen-bond acceptors (Lipinski definition) is 2. The Morgan fingerprint density at radius 1 is 1.15 bits per heavy atom. The molecule has 3 rings (SSSR count). The Bertz CT molecular complexity index is 648. The Morgan fingerprint density at radius 2 is 1.85 bits per heavy atom. The third-order valence-electron chi connectivity index (χ3n) is 3.12. The average molecular weight is 335 g/mol. The molecule has 1 saturated carbocycles. The zero-order valence-corrected chi connectivity index (χ0v) is 12.2. The van der Waals surface area contributed by atoms with Gasteiger partial charge in [-0.3, -0.25) is 4.79 Å². The molecule has 2 nitrogen and oxygen atoms in total. The molecule has 0 atom stereocenters. The molecular formula is C16H12BrFO2. The number of halogens is 2. The van der Waals surface area contributed by atoms with E-state index in [1.165, 1.54) is 12.1 Å². The quantitative estimate of drug-likeness (QED) is 0.776. The van der Waals surface area contributed by atoms with Crippen LogP contribution in [0.2, 0.25) is 0 Å². The van der Waals surface area contributed by atoms with Crippen LogP contribution in [-0.2, 0) is 0 Å². The van der Waals surface area contributed by atoms with Crippen molar-refractivity contribution in [2.75, 3.05) is 0 Å². The molecule has 1 fully saturated rings. The molecule has 0 unspecified atom stereocenters. The van der Waals surface area contributed by atoms with Gasteiger partial charge in [0.15, 0.2) is 5.78 Å². The maximum atomic E-state index is 13.8. The lowest BCUT2D eigenvalue weighted by atomic mass is 10.0. The highest BCUT2D eigenvalue weighted by Crippen LogP contribution is 2.27. The summed E-state index contributed by atoms with van der Waals surface area (Å²) in [6, 6.07) is 11.3. The zero-order valence-electron chi connectivity index (χ0n) is 10.6. The van der Waals surface area contributed by atoms with Crippen molar-refractivity contribution in [3.63, 3.8) is 0 Å². The molecule has 4 heteroatoms. The van der Waals surface area contributed by atoms with Crippen LogP contribution in [0.15, 0.2) is 46.9 Å². The molecular weight excluding hydrogens is 323 g/mol. The van der Waals surface area contributed by atoms with Crippen molar-refractivity contribution in [2.45, 2.75) is 18.9 Å². The monoisotopic (exact) mass is 334 g/mol. The molecule has 1 aliphatic rings. The van der Waals surface area contributed by atoms with Crippen LogP contribution in [0, 0.1) is 5.82 Å². The summed E-state index contributed by atoms with van der Waals surface area (Å²) in [6.45, 7) is 0. The molecule has 102 valence electrons. The number of carbonyl (C=O) groups is 1. The molecule has 1 aliphatic carbocycles. The van der Waals surface area contributed by atoms with Crippen molar-refractivity contribution in [3.8, 4) is 5.75 Å². The molecule has 0 aliphatic heterocycles. The third-order valence-corrected chi connectivity index (χ3v) is 3.61. The Kier molecular flexibility index (Phi) is 3.57. The van der Waals surface area contributed by atoms with Crippen LogP contribution < -0.4 is 4.74 Å². The lowest BCUT2D eigenvalue weighted by Crippen LogP contribution is -2.04. The normalized spacial score (nSPS) is 14.1. The van der Waals surface area contributed by atoms with Crippen molar-refractivity contribution in [3.05, 3.63) is 63.9 Å². The first-order chi connectivity index (χ1) is 9.63. The van der Waals surface area contributed by atoms with Crippen LogP contribution in [0.3, 0.4) is 0 Å². The summed E-state index contributed by atoms with van der Waals surface area (Å²) in [7, 11) is 0. The fourth-order valence-corrected chi connectivity index (χ4v) is 2.23. The van der Waals surface area contributed by atoms with E-state index in [-0.39, 0.29) is 11.3 Å². The summed E-state index contributed by atoms with van der Waals surface area (Å²) >= 11 is 3.17. The Balaban J connectivity index is 1.82. The molecule has 0 heterocycles. The number of rotatable bonds is 4. The van der Waals surface area contributed by atoms with E-state index in [4.69, 9.17) is 4.74 Å². The highest BCUT2D eigenvalue weighted by molar-refractivity contribution is 9.10. The van der Waals surface area contributed by atoms with Gasteiger partial charge in [-0.25, -0.2) is 4.39 Å². The molecule has 0 radical (unpaired) electrons. The molecule has 2 aromatic rings. The summed E-state index contributed by atoms with van der Waals surface area (Å²) in [5, 5.41) is 0. The van der Waals surface area contributed by atoms with Crippen LogP contribution in [0.25, 0.3) is 0 Å². The number of ketones is 1. The standard InChI is InChI=1S/C16H12BrFO2/c17-11-3-8-14(15(18)9-11)16(19)10-1-4-12(5-2-10)20-13-6-7-13/h1-5,8-9,13H,6-7H2. The largest absolute Gasteiger partial charge is 0.490 e. The number of benzene rings is 2. The van der Waals surface area contributed by atoms with E-state index in [1.807, 2.05) is 0 Å². The Morgan fingerprint density at radius 3 is 2.45 bits per heavy atom. The summed E-state index contributed by atoms with van der Waals surface area (Å²) in [5.74, 6) is -0.101. The third kappa shape index (κ3) is 2.90. The molecule has 0 N–H and O–H groups in total. The van der Waals surface area contributed by atoms with Gasteiger partial charge in [0.05, 0.1) is 11.7 Å². The second kappa shape index (κ2) is 5.37. The second-order valence-electron chi connectivity index (χ2n) is 4.79. The maximum absolute atomic E-state index is 13.8. The molecule has 0 spiro atoms. The van der Waals surface area contributed by atoms with Crippen LogP contribution in [0.4, 0.5) is 4.39 Å². The number of ether oxygens (including phenoxy) is 1. The van der Waals surface area contributed by atoms with E-state index < -0.39 is 5.82 Å². The van der Waals surface area contributed by atoms with Crippen molar-refractivity contribution in [1.29, 1.82) is 0 Å². The van der Waals surface area contributed by atoms with Crippen LogP contribution in [-0.4, -0.2) is 11.9 Å². The van der Waals surface area contributed by atoms with Crippen molar-refractivity contribution >= 4 is 21.7 Å². The van der Waals surface area contributed by atoms with E-state index in [1.54, 1.807) is 30.3 Å². The van der Waals surface area contributed by atoms with Gasteiger partial charge in [0.25, 0.3) is 0 Å². The first-order valence-corrected chi connectivity index (χ1v) is 7.19. The predicted octanol–water partition coefficient (Wildman–Crippen LogP) is 4.36. The first kappa shape index (κ1) is 13.3. The van der Waals surface area contributed by atoms with Gasteiger partial charge in [-0.05, 0) is 55.3 Å². The van der Waals surface area contributed by atoms with Gasteiger partial charge in [0.1, 0.15) is 11.6 Å². The van der Waals surface area contributed by atoms with Crippen molar-refractivity contribution in [1.82, 2.24) is 0 Å². The van der Waals surface area contributed by atoms with E-state index in [2.05, 4.69) is 15.9 Å². The number of hydrogen-bond donors (Lipinski definition) is 0. The fourth-order valence-electron chi connectivity index (χ4n) is 1.89. The van der Waals surface area contributed by atoms with Crippen molar-refractivity contribution < 1.29 is 13.9 Å². The van der Waals surface area contributed by atoms with E-state index >= 15 is 0 Å². The highest BCUT2D eigenvalue weighted by atomic mass is 79.9. The Hall–Kier alpha value is -1.68. The lowest BCUT2D eigenvalue weighted by molar-refractivity contribution is 0.103. The summed E-state index contributed by atoms with van der Waals surface area (Å²) < 4.78 is 20.0. The molecule has 20 heavy (non-hydrogen) atoms. The second-order valence-corrected chi connectivity index (χ2v) is 5.71. The van der Waals surface area contributed by atoms with Gasteiger partial charge in [-0.1, -0.05) is 15.9 Å². The highest BCUT2D eigenvalue weighted by Gasteiger charge is 2.23. The molecule has 0 bridgehead atoms. The van der Waals surface area contributed by atoms with Gasteiger partial charge in [0.2, 0.25) is 0 Å². The summed E-state index contributed by atoms with van der Waals surface area (Å²) in [4.78, 5) is 12.2. The molecule has 0 amide bonds. The zero-order chi connectivity index (χ0) is 14.1. The first-order valence-electron chi connectivity index (χ1n) is 6.40. The summed E-state index contributed by atoms with van der Waals surface area (Å²) in [6.07, 6.45) is 2.50. The van der Waals surface area contributed by atoms with Gasteiger partial charge in [0, 0.05) is 10.0 Å². The SMILES string of the molecule is O=C(c1ccc(OC2CC2)cc1)c1ccc(Br)cc1F.